The van der Waals surface area contributed by atoms with Crippen LogP contribution in [0.4, 0.5) is 9.57 Å². The molecule has 1 amide bonds. The molecule has 1 unspecified atom stereocenters. The van der Waals surface area contributed by atoms with E-state index in [-0.39, 0.29) is 13.0 Å². The molecule has 1 aliphatic heterocycles. The van der Waals surface area contributed by atoms with Crippen molar-refractivity contribution in [3.8, 4) is 11.5 Å². The number of nitrogens with zero attached hydrogens (tertiary/aromatic N) is 1. The maximum atomic E-state index is 13.0. The number of anilines is 1. The van der Waals surface area contributed by atoms with Gasteiger partial charge in [-0.3, -0.25) is 4.79 Å². The number of carbonyl (C=O) groups excluding carboxylic acids is 1. The van der Waals surface area contributed by atoms with Gasteiger partial charge in [-0.15, -0.1) is 3.89 Å². The van der Waals surface area contributed by atoms with Gasteiger partial charge in [-0.1, -0.05) is 0 Å². The minimum Gasteiger partial charge on any atom is -0.497 e. The third kappa shape index (κ3) is 2.69. The molecule has 1 aliphatic rings. The van der Waals surface area contributed by atoms with E-state index < -0.39 is 21.4 Å². The largest absolute Gasteiger partial charge is 0.497 e. The highest BCUT2D eigenvalue weighted by atomic mass is 32.3. The number of halogens is 1. The minimum atomic E-state index is -4.75. The van der Waals surface area contributed by atoms with Gasteiger partial charge in [0, 0.05) is 19.0 Å². The number of hydrogen-bond acceptors (Lipinski definition) is 5. The molecule has 0 spiro atoms. The van der Waals surface area contributed by atoms with Crippen LogP contribution < -0.4 is 14.4 Å². The maximum Gasteiger partial charge on any atom is 0.307 e. The molecule has 0 N–H and O–H groups in total. The summed E-state index contributed by atoms with van der Waals surface area (Å²) in [6, 6.07) is 4.79. The van der Waals surface area contributed by atoms with E-state index in [2.05, 4.69) is 0 Å². The lowest BCUT2D eigenvalue weighted by Gasteiger charge is -2.19. The Kier molecular flexibility index (Phi) is 3.85. The summed E-state index contributed by atoms with van der Waals surface area (Å²) in [5.74, 6) is 0.402. The Bertz CT molecular complexity index is 631. The molecule has 1 saturated heterocycles. The second kappa shape index (κ2) is 5.28. The second-order valence-electron chi connectivity index (χ2n) is 4.34. The average Bonchev–Trinajstić information content (AvgIpc) is 2.80. The lowest BCUT2D eigenvalue weighted by molar-refractivity contribution is -0.117. The normalized spacial score (nSPS) is 19.2. The van der Waals surface area contributed by atoms with E-state index in [4.69, 9.17) is 9.47 Å². The maximum absolute atomic E-state index is 13.0. The van der Waals surface area contributed by atoms with Crippen molar-refractivity contribution in [2.75, 3.05) is 25.7 Å². The molecule has 2 rings (SSSR count). The van der Waals surface area contributed by atoms with Gasteiger partial charge in [0.1, 0.15) is 16.7 Å². The second-order valence-corrected chi connectivity index (χ2v) is 5.96. The van der Waals surface area contributed by atoms with Crippen molar-refractivity contribution in [3.05, 3.63) is 18.2 Å². The highest BCUT2D eigenvalue weighted by molar-refractivity contribution is 7.87. The summed E-state index contributed by atoms with van der Waals surface area (Å²) < 4.78 is 45.1. The van der Waals surface area contributed by atoms with E-state index in [0.29, 0.717) is 17.2 Å². The Morgan fingerprint density at radius 3 is 2.50 bits per heavy atom. The molecule has 1 aromatic rings. The van der Waals surface area contributed by atoms with Crippen molar-refractivity contribution < 1.29 is 26.6 Å². The van der Waals surface area contributed by atoms with E-state index >= 15 is 0 Å². The predicted molar refractivity (Wildman–Crippen MR) is 70.3 cm³/mol. The molecular weight excluding hydrogens is 289 g/mol. The van der Waals surface area contributed by atoms with Crippen molar-refractivity contribution in [1.29, 1.82) is 0 Å². The molecule has 110 valence electrons. The number of rotatable bonds is 4. The smallest absolute Gasteiger partial charge is 0.307 e. The average molecular weight is 303 g/mol. The van der Waals surface area contributed by atoms with Crippen LogP contribution in [0.1, 0.15) is 6.42 Å². The monoisotopic (exact) mass is 303 g/mol. The molecule has 1 atom stereocenters. The highest BCUT2D eigenvalue weighted by Crippen LogP contribution is 2.35. The first-order chi connectivity index (χ1) is 9.36. The Balaban J connectivity index is 2.39. The molecule has 0 aliphatic carbocycles. The summed E-state index contributed by atoms with van der Waals surface area (Å²) in [6.07, 6.45) is -0.376. The fraction of sp³-hybridized carbons (Fsp3) is 0.417. The van der Waals surface area contributed by atoms with Gasteiger partial charge in [0.2, 0.25) is 5.91 Å². The fourth-order valence-corrected chi connectivity index (χ4v) is 2.77. The minimum absolute atomic E-state index is 0.235. The number of benzene rings is 1. The first kappa shape index (κ1) is 14.6. The molecular formula is C12H14FNO5S. The molecule has 1 aromatic carbocycles. The lowest BCUT2D eigenvalue weighted by atomic mass is 10.2. The molecule has 0 aromatic heterocycles. The third-order valence-electron chi connectivity index (χ3n) is 3.16. The fourth-order valence-electron chi connectivity index (χ4n) is 2.10. The zero-order valence-electron chi connectivity index (χ0n) is 11.0. The van der Waals surface area contributed by atoms with Crippen LogP contribution >= 0.6 is 0 Å². The molecule has 6 nitrogen and oxygen atoms in total. The summed E-state index contributed by atoms with van der Waals surface area (Å²) in [6.45, 7) is -0.235. The Morgan fingerprint density at radius 2 is 2.00 bits per heavy atom. The number of methoxy groups -OCH3 is 2. The zero-order valence-corrected chi connectivity index (χ0v) is 11.8. The van der Waals surface area contributed by atoms with Crippen LogP contribution in [0, 0.1) is 0 Å². The summed E-state index contributed by atoms with van der Waals surface area (Å²) in [4.78, 5) is 13.1. The summed E-state index contributed by atoms with van der Waals surface area (Å²) in [7, 11) is -1.86. The lowest BCUT2D eigenvalue weighted by Crippen LogP contribution is -2.27. The van der Waals surface area contributed by atoms with Crippen molar-refractivity contribution in [2.45, 2.75) is 11.7 Å². The Labute approximate surface area is 116 Å². The van der Waals surface area contributed by atoms with Gasteiger partial charge in [-0.25, -0.2) is 0 Å². The van der Waals surface area contributed by atoms with Crippen LogP contribution in [0.2, 0.25) is 0 Å². The molecule has 20 heavy (non-hydrogen) atoms. The Hall–Kier alpha value is -1.83. The number of hydrogen-bond donors (Lipinski definition) is 0. The first-order valence-corrected chi connectivity index (χ1v) is 7.27. The summed E-state index contributed by atoms with van der Waals surface area (Å²) in [5.41, 5.74) is 0.364. The van der Waals surface area contributed by atoms with Crippen molar-refractivity contribution in [3.63, 3.8) is 0 Å². The van der Waals surface area contributed by atoms with Gasteiger partial charge in [-0.2, -0.15) is 8.42 Å². The molecule has 1 fully saturated rings. The summed E-state index contributed by atoms with van der Waals surface area (Å²) in [5, 5.41) is -1.34. The van der Waals surface area contributed by atoms with Crippen molar-refractivity contribution in [1.82, 2.24) is 0 Å². The predicted octanol–water partition coefficient (Wildman–Crippen LogP) is 1.11. The zero-order chi connectivity index (χ0) is 14.9. The van der Waals surface area contributed by atoms with Gasteiger partial charge in [-0.05, 0) is 12.1 Å². The van der Waals surface area contributed by atoms with Crippen LogP contribution in [0.15, 0.2) is 18.2 Å². The van der Waals surface area contributed by atoms with E-state index in [1.165, 1.54) is 19.1 Å². The molecule has 8 heteroatoms. The van der Waals surface area contributed by atoms with E-state index in [0.717, 1.165) is 0 Å². The van der Waals surface area contributed by atoms with Gasteiger partial charge in [0.25, 0.3) is 0 Å². The van der Waals surface area contributed by atoms with Gasteiger partial charge in [0.15, 0.2) is 0 Å². The third-order valence-corrected chi connectivity index (χ3v) is 4.28. The molecule has 0 radical (unpaired) electrons. The van der Waals surface area contributed by atoms with E-state index in [9.17, 15) is 17.1 Å². The van der Waals surface area contributed by atoms with Gasteiger partial charge >= 0.3 is 10.2 Å². The quantitative estimate of drug-likeness (QED) is 0.779. The van der Waals surface area contributed by atoms with Gasteiger partial charge in [0.05, 0.1) is 19.9 Å². The van der Waals surface area contributed by atoms with E-state index in [1.807, 2.05) is 0 Å². The van der Waals surface area contributed by atoms with Crippen LogP contribution in [-0.2, 0) is 15.0 Å². The number of amides is 1. The Morgan fingerprint density at radius 1 is 1.30 bits per heavy atom. The highest BCUT2D eigenvalue weighted by Gasteiger charge is 2.40. The SMILES string of the molecule is COc1ccc(OC)c(N2CC(S(=O)(=O)F)CC2=O)c1. The molecule has 0 saturated carbocycles. The van der Waals surface area contributed by atoms with Crippen LogP contribution in [0.3, 0.4) is 0 Å². The van der Waals surface area contributed by atoms with Crippen LogP contribution in [0.25, 0.3) is 0 Å². The van der Waals surface area contributed by atoms with Crippen molar-refractivity contribution in [2.24, 2.45) is 0 Å². The molecule has 1 heterocycles. The summed E-state index contributed by atoms with van der Waals surface area (Å²) >= 11 is 0. The number of carbonyl (C=O) groups is 1. The van der Waals surface area contributed by atoms with Crippen molar-refractivity contribution >= 4 is 21.8 Å². The van der Waals surface area contributed by atoms with Gasteiger partial charge < -0.3 is 14.4 Å². The van der Waals surface area contributed by atoms with E-state index in [1.54, 1.807) is 18.2 Å². The van der Waals surface area contributed by atoms with Crippen LogP contribution in [-0.4, -0.2) is 40.3 Å². The molecule has 0 bridgehead atoms. The first-order valence-electron chi connectivity index (χ1n) is 5.82. The standard InChI is InChI=1S/C12H14FNO5S/c1-18-8-3-4-11(19-2)10(5-8)14-7-9(6-12(14)15)20(13,16)17/h3-5,9H,6-7H2,1-2H3. The number of ether oxygens (including phenoxy) is 2. The van der Waals surface area contributed by atoms with Crippen LogP contribution in [0.5, 0.6) is 11.5 Å². The topological polar surface area (TPSA) is 72.9 Å².